The molecule has 0 amide bonds. The second kappa shape index (κ2) is 6.48. The van der Waals surface area contributed by atoms with Crippen LogP contribution in [0.25, 0.3) is 0 Å². The number of ether oxygens (including phenoxy) is 1. The quantitative estimate of drug-likeness (QED) is 0.697. The Labute approximate surface area is 117 Å². The van der Waals surface area contributed by atoms with Gasteiger partial charge < -0.3 is 4.74 Å². The van der Waals surface area contributed by atoms with Gasteiger partial charge in [0.2, 0.25) is 20.0 Å². The number of hydrogen-bond acceptors (Lipinski definition) is 5. The lowest BCUT2D eigenvalue weighted by Crippen LogP contribution is -2.21. The van der Waals surface area contributed by atoms with E-state index in [1.165, 1.54) is 0 Å². The van der Waals surface area contributed by atoms with Gasteiger partial charge in [-0.3, -0.25) is 4.72 Å². The molecule has 10 heteroatoms. The van der Waals surface area contributed by atoms with E-state index in [4.69, 9.17) is 9.88 Å². The van der Waals surface area contributed by atoms with Crippen LogP contribution >= 0.6 is 0 Å². The van der Waals surface area contributed by atoms with E-state index in [1.54, 1.807) is 6.92 Å². The number of hydrogen-bond donors (Lipinski definition) is 2. The van der Waals surface area contributed by atoms with E-state index in [0.717, 1.165) is 12.1 Å². The van der Waals surface area contributed by atoms with Crippen molar-refractivity contribution in [2.24, 2.45) is 5.14 Å². The van der Waals surface area contributed by atoms with E-state index in [1.807, 2.05) is 4.72 Å². The van der Waals surface area contributed by atoms with Gasteiger partial charge in [-0.2, -0.15) is 0 Å². The average Bonchev–Trinajstić information content (AvgIpc) is 2.30. The third kappa shape index (κ3) is 5.04. The Kier molecular flexibility index (Phi) is 5.45. The van der Waals surface area contributed by atoms with Gasteiger partial charge in [0.1, 0.15) is 5.82 Å². The second-order valence-corrected chi connectivity index (χ2v) is 7.21. The molecule has 1 aromatic carbocycles. The fourth-order valence-corrected chi connectivity index (χ4v) is 2.75. The molecular formula is C10H15FN2O5S2. The molecule has 7 nitrogen and oxygen atoms in total. The molecule has 0 saturated carbocycles. The summed E-state index contributed by atoms with van der Waals surface area (Å²) in [6.07, 6.45) is 0. The topological polar surface area (TPSA) is 116 Å². The second-order valence-electron chi connectivity index (χ2n) is 3.80. The molecule has 0 unspecified atom stereocenters. The van der Waals surface area contributed by atoms with Crippen molar-refractivity contribution in [1.82, 2.24) is 0 Å². The van der Waals surface area contributed by atoms with Crippen molar-refractivity contribution in [3.63, 3.8) is 0 Å². The van der Waals surface area contributed by atoms with Crippen LogP contribution in [-0.4, -0.2) is 35.8 Å². The number of halogens is 1. The lowest BCUT2D eigenvalue weighted by molar-refractivity contribution is 0.163. The Balaban J connectivity index is 2.89. The van der Waals surface area contributed by atoms with Crippen LogP contribution in [0, 0.1) is 5.82 Å². The maximum atomic E-state index is 13.6. The molecule has 0 aromatic heterocycles. The third-order valence-corrected chi connectivity index (χ3v) is 4.38. The largest absolute Gasteiger partial charge is 0.381 e. The van der Waals surface area contributed by atoms with Crippen molar-refractivity contribution in [1.29, 1.82) is 0 Å². The summed E-state index contributed by atoms with van der Waals surface area (Å²) in [6.45, 7) is 2.06. The molecule has 1 rings (SSSR count). The predicted molar refractivity (Wildman–Crippen MR) is 71.7 cm³/mol. The maximum absolute atomic E-state index is 13.6. The van der Waals surface area contributed by atoms with Gasteiger partial charge in [0.25, 0.3) is 0 Å². The number of anilines is 1. The van der Waals surface area contributed by atoms with Gasteiger partial charge in [-0.1, -0.05) is 0 Å². The minimum Gasteiger partial charge on any atom is -0.381 e. The number of rotatable bonds is 7. The highest BCUT2D eigenvalue weighted by molar-refractivity contribution is 7.92. The molecule has 0 aliphatic heterocycles. The van der Waals surface area contributed by atoms with E-state index >= 15 is 0 Å². The predicted octanol–water partition coefficient (Wildman–Crippen LogP) is 0.251. The summed E-state index contributed by atoms with van der Waals surface area (Å²) in [4.78, 5) is -0.438. The zero-order valence-electron chi connectivity index (χ0n) is 10.7. The zero-order chi connectivity index (χ0) is 15.4. The molecule has 114 valence electrons. The van der Waals surface area contributed by atoms with E-state index in [2.05, 4.69) is 0 Å². The van der Waals surface area contributed by atoms with Gasteiger partial charge >= 0.3 is 0 Å². The van der Waals surface area contributed by atoms with Crippen molar-refractivity contribution in [2.45, 2.75) is 11.8 Å². The highest BCUT2D eigenvalue weighted by Gasteiger charge is 2.16. The van der Waals surface area contributed by atoms with Crippen LogP contribution in [0.5, 0.6) is 0 Å². The smallest absolute Gasteiger partial charge is 0.238 e. The summed E-state index contributed by atoms with van der Waals surface area (Å²) < 4.78 is 65.8. The summed E-state index contributed by atoms with van der Waals surface area (Å²) in [6, 6.07) is 2.65. The molecule has 0 radical (unpaired) electrons. The number of sulfonamides is 2. The number of nitrogens with two attached hydrogens (primary N) is 1. The Hall–Kier alpha value is -1.23. The van der Waals surface area contributed by atoms with Crippen LogP contribution in [0.2, 0.25) is 0 Å². The first-order valence-corrected chi connectivity index (χ1v) is 8.76. The Morgan fingerprint density at radius 2 is 1.95 bits per heavy atom. The monoisotopic (exact) mass is 326 g/mol. The van der Waals surface area contributed by atoms with Gasteiger partial charge in [-0.25, -0.2) is 26.4 Å². The average molecular weight is 326 g/mol. The van der Waals surface area contributed by atoms with Crippen molar-refractivity contribution < 1.29 is 26.0 Å². The summed E-state index contributed by atoms with van der Waals surface area (Å²) in [5.74, 6) is -1.37. The lowest BCUT2D eigenvalue weighted by Gasteiger charge is -2.09. The van der Waals surface area contributed by atoms with Crippen LogP contribution in [0.3, 0.4) is 0 Å². The molecule has 0 fully saturated rings. The summed E-state index contributed by atoms with van der Waals surface area (Å²) in [7, 11) is -7.81. The van der Waals surface area contributed by atoms with E-state index in [9.17, 15) is 21.2 Å². The van der Waals surface area contributed by atoms with E-state index in [0.29, 0.717) is 12.7 Å². The first kappa shape index (κ1) is 16.8. The number of nitrogens with one attached hydrogen (secondary N) is 1. The van der Waals surface area contributed by atoms with Crippen LogP contribution in [0.1, 0.15) is 6.92 Å². The lowest BCUT2D eigenvalue weighted by atomic mass is 10.3. The van der Waals surface area contributed by atoms with Crippen LogP contribution in [0.15, 0.2) is 23.1 Å². The summed E-state index contributed by atoms with van der Waals surface area (Å²) in [5.41, 5.74) is -0.353. The molecule has 0 spiro atoms. The Morgan fingerprint density at radius 1 is 1.30 bits per heavy atom. The minimum atomic E-state index is -4.04. The van der Waals surface area contributed by atoms with Gasteiger partial charge in [0, 0.05) is 6.61 Å². The van der Waals surface area contributed by atoms with Crippen LogP contribution < -0.4 is 9.86 Å². The van der Waals surface area contributed by atoms with Gasteiger partial charge in [-0.15, -0.1) is 0 Å². The van der Waals surface area contributed by atoms with Crippen molar-refractivity contribution in [3.8, 4) is 0 Å². The first-order chi connectivity index (χ1) is 9.15. The Morgan fingerprint density at radius 3 is 2.45 bits per heavy atom. The van der Waals surface area contributed by atoms with Crippen molar-refractivity contribution >= 4 is 25.7 Å². The molecule has 0 bridgehead atoms. The van der Waals surface area contributed by atoms with Crippen molar-refractivity contribution in [3.05, 3.63) is 24.0 Å². The minimum absolute atomic E-state index is 0.0251. The molecular weight excluding hydrogens is 311 g/mol. The highest BCUT2D eigenvalue weighted by atomic mass is 32.2. The molecule has 0 aliphatic rings. The fraction of sp³-hybridized carbons (Fsp3) is 0.400. The molecule has 20 heavy (non-hydrogen) atoms. The molecule has 0 saturated heterocycles. The summed E-state index contributed by atoms with van der Waals surface area (Å²) >= 11 is 0. The normalized spacial score (nSPS) is 12.3. The Bertz CT molecular complexity index is 673. The SMILES string of the molecule is CCOCCS(=O)(=O)Nc1ccc(S(N)(=O)=O)cc1F. The molecule has 0 atom stereocenters. The standard InChI is InChI=1S/C10H15FN2O5S2/c1-2-18-5-6-19(14,15)13-10-4-3-8(7-9(10)11)20(12,16)17/h3-4,7,13H,2,5-6H2,1H3,(H2,12,16,17). The third-order valence-electron chi connectivity index (χ3n) is 2.24. The maximum Gasteiger partial charge on any atom is 0.238 e. The van der Waals surface area contributed by atoms with E-state index in [-0.39, 0.29) is 18.0 Å². The van der Waals surface area contributed by atoms with Crippen molar-refractivity contribution in [2.75, 3.05) is 23.7 Å². The summed E-state index contributed by atoms with van der Waals surface area (Å²) in [5, 5.41) is 4.83. The highest BCUT2D eigenvalue weighted by Crippen LogP contribution is 2.19. The van der Waals surface area contributed by atoms with E-state index < -0.39 is 30.8 Å². The van der Waals surface area contributed by atoms with Crippen LogP contribution in [0.4, 0.5) is 10.1 Å². The zero-order valence-corrected chi connectivity index (χ0v) is 12.3. The van der Waals surface area contributed by atoms with Gasteiger partial charge in [-0.05, 0) is 25.1 Å². The molecule has 0 aliphatic carbocycles. The molecule has 1 aromatic rings. The number of primary sulfonamides is 1. The fourth-order valence-electron chi connectivity index (χ4n) is 1.29. The van der Waals surface area contributed by atoms with Gasteiger partial charge in [0.05, 0.1) is 22.9 Å². The van der Waals surface area contributed by atoms with Crippen LogP contribution in [-0.2, 0) is 24.8 Å². The first-order valence-electron chi connectivity index (χ1n) is 5.56. The van der Waals surface area contributed by atoms with Gasteiger partial charge in [0.15, 0.2) is 0 Å². The number of benzene rings is 1. The molecule has 0 heterocycles. The molecule has 3 N–H and O–H groups in total.